The van der Waals surface area contributed by atoms with Crippen molar-refractivity contribution < 1.29 is 9.18 Å². The summed E-state index contributed by atoms with van der Waals surface area (Å²) in [5.74, 6) is -0.758. The van der Waals surface area contributed by atoms with Crippen molar-refractivity contribution in [2.45, 2.75) is 13.8 Å². The fraction of sp³-hybridized carbons (Fsp3) is 0.182. The highest BCUT2D eigenvalue weighted by Gasteiger charge is 2.10. The van der Waals surface area contributed by atoms with Crippen molar-refractivity contribution >= 4 is 17.4 Å². The van der Waals surface area contributed by atoms with Crippen molar-refractivity contribution in [2.24, 2.45) is 0 Å². The molecule has 0 bridgehead atoms. The van der Waals surface area contributed by atoms with E-state index in [1.165, 1.54) is 13.8 Å². The van der Waals surface area contributed by atoms with Crippen molar-refractivity contribution in [3.05, 3.63) is 46.3 Å². The van der Waals surface area contributed by atoms with E-state index in [0.717, 1.165) is 0 Å². The summed E-state index contributed by atoms with van der Waals surface area (Å²) in [6.45, 7) is 2.73. The van der Waals surface area contributed by atoms with E-state index in [4.69, 9.17) is 11.6 Å². The normalized spacial score (nSPS) is 12.3. The molecule has 0 N–H and O–H groups in total. The predicted octanol–water partition coefficient (Wildman–Crippen LogP) is 3.79. The Morgan fingerprint density at radius 3 is 2.14 bits per heavy atom. The number of rotatable bonds is 2. The van der Waals surface area contributed by atoms with Crippen molar-refractivity contribution in [2.75, 3.05) is 0 Å². The highest BCUT2D eigenvalue weighted by atomic mass is 35.5. The summed E-state index contributed by atoms with van der Waals surface area (Å²) in [6, 6.07) is 6.37. The van der Waals surface area contributed by atoms with Gasteiger partial charge in [0.1, 0.15) is 5.83 Å². The molecule has 1 aromatic rings. The minimum Gasteiger partial charge on any atom is -0.289 e. The van der Waals surface area contributed by atoms with Gasteiger partial charge < -0.3 is 0 Å². The van der Waals surface area contributed by atoms with Crippen LogP contribution in [0.1, 0.15) is 24.2 Å². The Kier molecular flexibility index (Phi) is 3.42. The summed E-state index contributed by atoms with van der Waals surface area (Å²) in [4.78, 5) is 11.6. The molecule has 14 heavy (non-hydrogen) atoms. The number of halogens is 2. The third-order valence-electron chi connectivity index (χ3n) is 1.96. The van der Waals surface area contributed by atoms with Gasteiger partial charge in [-0.05, 0) is 38.1 Å². The van der Waals surface area contributed by atoms with E-state index < -0.39 is 5.83 Å². The maximum atomic E-state index is 12.7. The Balaban J connectivity index is 3.02. The van der Waals surface area contributed by atoms with Crippen LogP contribution in [0.4, 0.5) is 4.39 Å². The first-order valence-electron chi connectivity index (χ1n) is 4.15. The smallest absolute Gasteiger partial charge is 0.191 e. The SMILES string of the molecule is C/C(F)=C(\C)C(=O)c1ccc(Cl)cc1. The second-order valence-corrected chi connectivity index (χ2v) is 3.43. The molecule has 0 unspecified atom stereocenters. The topological polar surface area (TPSA) is 17.1 Å². The van der Waals surface area contributed by atoms with Crippen LogP contribution in [0.5, 0.6) is 0 Å². The molecule has 3 heteroatoms. The van der Waals surface area contributed by atoms with Crippen LogP contribution in [-0.2, 0) is 0 Å². The number of carbonyl (C=O) groups is 1. The maximum Gasteiger partial charge on any atom is 0.191 e. The number of hydrogen-bond donors (Lipinski definition) is 0. The summed E-state index contributed by atoms with van der Waals surface area (Å²) < 4.78 is 12.7. The summed E-state index contributed by atoms with van der Waals surface area (Å²) in [7, 11) is 0. The van der Waals surface area contributed by atoms with Gasteiger partial charge in [0.05, 0.1) is 0 Å². The van der Waals surface area contributed by atoms with Gasteiger partial charge in [0, 0.05) is 16.2 Å². The zero-order chi connectivity index (χ0) is 10.7. The lowest BCUT2D eigenvalue weighted by molar-refractivity contribution is 0.103. The van der Waals surface area contributed by atoms with Crippen LogP contribution in [0.15, 0.2) is 35.7 Å². The Labute approximate surface area is 87.2 Å². The molecule has 0 amide bonds. The van der Waals surface area contributed by atoms with Gasteiger partial charge in [-0.2, -0.15) is 0 Å². The van der Waals surface area contributed by atoms with Crippen molar-refractivity contribution in [3.8, 4) is 0 Å². The van der Waals surface area contributed by atoms with Crippen molar-refractivity contribution in [1.82, 2.24) is 0 Å². The minimum absolute atomic E-state index is 0.132. The second-order valence-electron chi connectivity index (χ2n) is 2.99. The van der Waals surface area contributed by atoms with Gasteiger partial charge in [0.15, 0.2) is 5.78 Å². The molecule has 0 saturated heterocycles. The van der Waals surface area contributed by atoms with Crippen LogP contribution >= 0.6 is 11.6 Å². The quantitative estimate of drug-likeness (QED) is 0.539. The summed E-state index contributed by atoms with van der Waals surface area (Å²) >= 11 is 5.66. The molecule has 0 saturated carbocycles. The van der Waals surface area contributed by atoms with Crippen molar-refractivity contribution in [3.63, 3.8) is 0 Å². The van der Waals surface area contributed by atoms with E-state index in [-0.39, 0.29) is 11.4 Å². The number of hydrogen-bond acceptors (Lipinski definition) is 1. The third kappa shape index (κ3) is 2.42. The lowest BCUT2D eigenvalue weighted by Crippen LogP contribution is -2.01. The monoisotopic (exact) mass is 212 g/mol. The molecule has 0 radical (unpaired) electrons. The molecule has 0 aromatic heterocycles. The van der Waals surface area contributed by atoms with Crippen LogP contribution in [0, 0.1) is 0 Å². The van der Waals surface area contributed by atoms with Gasteiger partial charge in [-0.15, -0.1) is 0 Å². The van der Waals surface area contributed by atoms with Crippen LogP contribution in [0.2, 0.25) is 5.02 Å². The standard InChI is InChI=1S/C11H10ClFO/c1-7(8(2)13)11(14)9-3-5-10(12)6-4-9/h3-6H,1-2H3/b8-7-. The first kappa shape index (κ1) is 10.9. The molecule has 1 rings (SSSR count). The lowest BCUT2D eigenvalue weighted by Gasteiger charge is -2.01. The van der Waals surface area contributed by atoms with E-state index in [9.17, 15) is 9.18 Å². The van der Waals surface area contributed by atoms with Gasteiger partial charge in [0.2, 0.25) is 0 Å². The van der Waals surface area contributed by atoms with E-state index in [2.05, 4.69) is 0 Å². The number of ketones is 1. The van der Waals surface area contributed by atoms with Gasteiger partial charge in [-0.25, -0.2) is 4.39 Å². The number of Topliss-reactive ketones (excluding diaryl/α,β-unsaturated/α-hetero) is 1. The lowest BCUT2D eigenvalue weighted by atomic mass is 10.0. The van der Waals surface area contributed by atoms with Gasteiger partial charge >= 0.3 is 0 Å². The molecule has 0 fully saturated rings. The molecule has 0 aliphatic rings. The van der Waals surface area contributed by atoms with E-state index >= 15 is 0 Å². The number of allylic oxidation sites excluding steroid dienone is 2. The average Bonchev–Trinajstić information content (AvgIpc) is 2.16. The molecule has 0 aliphatic carbocycles. The third-order valence-corrected chi connectivity index (χ3v) is 2.22. The molecular formula is C11H10ClFO. The Bertz CT molecular complexity index is 375. The van der Waals surface area contributed by atoms with Crippen LogP contribution in [-0.4, -0.2) is 5.78 Å². The number of carbonyl (C=O) groups excluding carboxylic acids is 1. The second kappa shape index (κ2) is 4.38. The first-order valence-corrected chi connectivity index (χ1v) is 4.53. The fourth-order valence-electron chi connectivity index (χ4n) is 0.974. The molecule has 1 nitrogen and oxygen atoms in total. The van der Waals surface area contributed by atoms with E-state index in [0.29, 0.717) is 10.6 Å². The Hall–Kier alpha value is -1.15. The van der Waals surface area contributed by atoms with Gasteiger partial charge in [-0.1, -0.05) is 11.6 Å². The van der Waals surface area contributed by atoms with Gasteiger partial charge in [-0.3, -0.25) is 4.79 Å². The highest BCUT2D eigenvalue weighted by Crippen LogP contribution is 2.15. The number of benzene rings is 1. The molecule has 1 aromatic carbocycles. The van der Waals surface area contributed by atoms with E-state index in [1.54, 1.807) is 24.3 Å². The summed E-state index contributed by atoms with van der Waals surface area (Å²) in [5, 5.41) is 0.556. The molecule has 0 heterocycles. The largest absolute Gasteiger partial charge is 0.289 e. The van der Waals surface area contributed by atoms with Crippen LogP contribution < -0.4 is 0 Å². The predicted molar refractivity (Wildman–Crippen MR) is 55.3 cm³/mol. The zero-order valence-corrected chi connectivity index (χ0v) is 8.73. The maximum absolute atomic E-state index is 12.7. The van der Waals surface area contributed by atoms with Crippen LogP contribution in [0.25, 0.3) is 0 Å². The summed E-state index contributed by atoms with van der Waals surface area (Å²) in [6.07, 6.45) is 0. The zero-order valence-electron chi connectivity index (χ0n) is 7.97. The fourth-order valence-corrected chi connectivity index (χ4v) is 1.10. The molecule has 0 aliphatic heterocycles. The molecular weight excluding hydrogens is 203 g/mol. The average molecular weight is 213 g/mol. The molecule has 0 spiro atoms. The van der Waals surface area contributed by atoms with Gasteiger partial charge in [0.25, 0.3) is 0 Å². The molecule has 0 atom stereocenters. The first-order chi connectivity index (χ1) is 6.52. The van der Waals surface area contributed by atoms with Crippen LogP contribution in [0.3, 0.4) is 0 Å². The highest BCUT2D eigenvalue weighted by molar-refractivity contribution is 6.30. The summed E-state index contributed by atoms with van der Waals surface area (Å²) in [5.41, 5.74) is 0.580. The Morgan fingerprint density at radius 1 is 1.21 bits per heavy atom. The minimum atomic E-state index is -0.454. The van der Waals surface area contributed by atoms with Crippen molar-refractivity contribution in [1.29, 1.82) is 0 Å². The van der Waals surface area contributed by atoms with E-state index in [1.807, 2.05) is 0 Å². The Morgan fingerprint density at radius 2 is 1.71 bits per heavy atom. The molecule has 74 valence electrons.